The average molecular weight is 300 g/mol. The van der Waals surface area contributed by atoms with E-state index in [0.29, 0.717) is 29.6 Å². The van der Waals surface area contributed by atoms with Crippen molar-refractivity contribution in [2.24, 2.45) is 5.41 Å². The number of halogens is 1. The molecule has 1 aliphatic heterocycles. The Morgan fingerprint density at radius 1 is 1.35 bits per heavy atom. The normalized spacial score (nSPS) is 15.4. The molecule has 1 aromatic rings. The van der Waals surface area contributed by atoms with Gasteiger partial charge in [0.2, 0.25) is 6.79 Å². The lowest BCUT2D eigenvalue weighted by atomic mass is 9.89. The fraction of sp³-hybridized carbons (Fsp3) is 0.600. The van der Waals surface area contributed by atoms with E-state index in [1.54, 1.807) is 0 Å². The van der Waals surface area contributed by atoms with Crippen molar-refractivity contribution >= 4 is 11.6 Å². The minimum absolute atomic E-state index is 0.128. The van der Waals surface area contributed by atoms with Gasteiger partial charge < -0.3 is 19.9 Å². The third-order valence-electron chi connectivity index (χ3n) is 3.04. The topological polar surface area (TPSA) is 50.7 Å². The van der Waals surface area contributed by atoms with Crippen LogP contribution in [0.15, 0.2) is 12.1 Å². The molecule has 0 radical (unpaired) electrons. The number of aliphatic hydroxyl groups is 1. The van der Waals surface area contributed by atoms with E-state index >= 15 is 0 Å². The van der Waals surface area contributed by atoms with Crippen LogP contribution in [0.1, 0.15) is 32.8 Å². The summed E-state index contributed by atoms with van der Waals surface area (Å²) in [4.78, 5) is 0. The summed E-state index contributed by atoms with van der Waals surface area (Å²) < 4.78 is 10.6. The second kappa shape index (κ2) is 6.20. The summed E-state index contributed by atoms with van der Waals surface area (Å²) in [7, 11) is 0. The molecule has 0 aromatic heterocycles. The predicted octanol–water partition coefficient (Wildman–Crippen LogP) is 2.96. The van der Waals surface area contributed by atoms with Gasteiger partial charge in [-0.05, 0) is 29.5 Å². The van der Waals surface area contributed by atoms with Gasteiger partial charge in [0, 0.05) is 13.1 Å². The van der Waals surface area contributed by atoms with Crippen LogP contribution in [0.3, 0.4) is 0 Å². The van der Waals surface area contributed by atoms with E-state index in [9.17, 15) is 5.11 Å². The first-order valence-corrected chi connectivity index (χ1v) is 7.20. The van der Waals surface area contributed by atoms with Gasteiger partial charge in [-0.1, -0.05) is 32.4 Å². The lowest BCUT2D eigenvalue weighted by Gasteiger charge is -2.22. The fourth-order valence-electron chi connectivity index (χ4n) is 2.28. The second-order valence-electron chi connectivity index (χ2n) is 6.36. The smallest absolute Gasteiger partial charge is 0.231 e. The third kappa shape index (κ3) is 4.27. The molecule has 5 heteroatoms. The molecule has 0 saturated carbocycles. The second-order valence-corrected chi connectivity index (χ2v) is 6.77. The van der Waals surface area contributed by atoms with E-state index in [1.165, 1.54) is 0 Å². The summed E-state index contributed by atoms with van der Waals surface area (Å²) in [6.45, 7) is 7.77. The molecule has 0 amide bonds. The van der Waals surface area contributed by atoms with Gasteiger partial charge in [-0.25, -0.2) is 0 Å². The van der Waals surface area contributed by atoms with Crippen LogP contribution in [0.4, 0.5) is 0 Å². The number of rotatable bonds is 5. The largest absolute Gasteiger partial charge is 0.454 e. The van der Waals surface area contributed by atoms with E-state index in [-0.39, 0.29) is 18.3 Å². The fourth-order valence-corrected chi connectivity index (χ4v) is 2.57. The maximum atomic E-state index is 9.94. The van der Waals surface area contributed by atoms with Crippen LogP contribution in [0.25, 0.3) is 0 Å². The van der Waals surface area contributed by atoms with Gasteiger partial charge in [0.1, 0.15) is 0 Å². The van der Waals surface area contributed by atoms with Crippen molar-refractivity contribution in [1.82, 2.24) is 5.32 Å². The van der Waals surface area contributed by atoms with Crippen LogP contribution in [0.5, 0.6) is 11.5 Å². The molecular weight excluding hydrogens is 278 g/mol. The Kier molecular flexibility index (Phi) is 4.78. The molecular formula is C15H22ClNO3. The van der Waals surface area contributed by atoms with Crippen molar-refractivity contribution < 1.29 is 14.6 Å². The Bertz CT molecular complexity index is 471. The Hall–Kier alpha value is -0.970. The highest BCUT2D eigenvalue weighted by atomic mass is 35.5. The van der Waals surface area contributed by atoms with E-state index in [2.05, 4.69) is 26.1 Å². The Balaban J connectivity index is 1.84. The van der Waals surface area contributed by atoms with Crippen LogP contribution in [-0.2, 0) is 6.54 Å². The van der Waals surface area contributed by atoms with Crippen molar-refractivity contribution in [2.75, 3.05) is 13.3 Å². The molecule has 1 atom stereocenters. The maximum Gasteiger partial charge on any atom is 0.231 e. The number of aliphatic hydroxyl groups excluding tert-OH is 1. The Morgan fingerprint density at radius 3 is 2.80 bits per heavy atom. The van der Waals surface area contributed by atoms with Crippen molar-refractivity contribution in [2.45, 2.75) is 39.8 Å². The molecule has 1 unspecified atom stereocenters. The molecule has 2 N–H and O–H groups in total. The minimum Gasteiger partial charge on any atom is -0.454 e. The first-order chi connectivity index (χ1) is 9.35. The molecule has 1 heterocycles. The summed E-state index contributed by atoms with van der Waals surface area (Å²) in [5.41, 5.74) is 1.14. The number of ether oxygens (including phenoxy) is 2. The number of benzene rings is 1. The van der Waals surface area contributed by atoms with Gasteiger partial charge in [-0.3, -0.25) is 0 Å². The number of hydrogen-bond acceptors (Lipinski definition) is 4. The van der Waals surface area contributed by atoms with Gasteiger partial charge >= 0.3 is 0 Å². The predicted molar refractivity (Wildman–Crippen MR) is 79.4 cm³/mol. The van der Waals surface area contributed by atoms with Gasteiger partial charge in [0.15, 0.2) is 11.5 Å². The minimum atomic E-state index is -0.348. The summed E-state index contributed by atoms with van der Waals surface area (Å²) in [5, 5.41) is 13.7. The van der Waals surface area contributed by atoms with Gasteiger partial charge in [0.25, 0.3) is 0 Å². The molecule has 0 bridgehead atoms. The molecule has 0 aliphatic carbocycles. The molecule has 1 aliphatic rings. The molecule has 2 rings (SSSR count). The van der Waals surface area contributed by atoms with Crippen LogP contribution >= 0.6 is 11.6 Å². The van der Waals surface area contributed by atoms with E-state index in [4.69, 9.17) is 21.1 Å². The monoisotopic (exact) mass is 299 g/mol. The SMILES string of the molecule is CC(C)(C)CC(O)CNCc1cc(Cl)c2c(c1)OCO2. The van der Waals surface area contributed by atoms with Crippen molar-refractivity contribution in [3.8, 4) is 11.5 Å². The molecule has 1 aromatic carbocycles. The lowest BCUT2D eigenvalue weighted by molar-refractivity contribution is 0.119. The first kappa shape index (κ1) is 15.4. The van der Waals surface area contributed by atoms with Gasteiger partial charge in [-0.2, -0.15) is 0 Å². The van der Waals surface area contributed by atoms with Crippen LogP contribution < -0.4 is 14.8 Å². The van der Waals surface area contributed by atoms with E-state index < -0.39 is 0 Å². The highest BCUT2D eigenvalue weighted by Gasteiger charge is 2.19. The van der Waals surface area contributed by atoms with Gasteiger partial charge in [0.05, 0.1) is 11.1 Å². The quantitative estimate of drug-likeness (QED) is 0.878. The number of hydrogen-bond donors (Lipinski definition) is 2. The standard InChI is InChI=1S/C15H22ClNO3/c1-15(2,3)6-11(18)8-17-7-10-4-12(16)14-13(5-10)19-9-20-14/h4-5,11,17-18H,6-9H2,1-3H3. The lowest BCUT2D eigenvalue weighted by Crippen LogP contribution is -2.29. The van der Waals surface area contributed by atoms with Crippen LogP contribution in [0, 0.1) is 5.41 Å². The molecule has 4 nitrogen and oxygen atoms in total. The summed E-state index contributed by atoms with van der Waals surface area (Å²) in [6.07, 6.45) is 0.418. The zero-order valence-corrected chi connectivity index (χ0v) is 13.0. The third-order valence-corrected chi connectivity index (χ3v) is 3.32. The summed E-state index contributed by atoms with van der Waals surface area (Å²) in [5.74, 6) is 1.30. The van der Waals surface area contributed by atoms with Crippen LogP contribution in [0.2, 0.25) is 5.02 Å². The van der Waals surface area contributed by atoms with Gasteiger partial charge in [-0.15, -0.1) is 0 Å². The molecule has 0 spiro atoms. The number of nitrogens with one attached hydrogen (secondary N) is 1. The zero-order chi connectivity index (χ0) is 14.8. The molecule has 112 valence electrons. The molecule has 0 saturated heterocycles. The summed E-state index contributed by atoms with van der Waals surface area (Å²) in [6, 6.07) is 3.77. The van der Waals surface area contributed by atoms with Crippen LogP contribution in [-0.4, -0.2) is 24.5 Å². The Labute approximate surface area is 125 Å². The number of fused-ring (bicyclic) bond motifs is 1. The van der Waals surface area contributed by atoms with E-state index in [0.717, 1.165) is 12.0 Å². The van der Waals surface area contributed by atoms with Crippen molar-refractivity contribution in [1.29, 1.82) is 0 Å². The average Bonchev–Trinajstić information content (AvgIpc) is 2.75. The van der Waals surface area contributed by atoms with Crippen molar-refractivity contribution in [3.05, 3.63) is 22.7 Å². The zero-order valence-electron chi connectivity index (χ0n) is 12.2. The Morgan fingerprint density at radius 2 is 2.10 bits per heavy atom. The summed E-state index contributed by atoms with van der Waals surface area (Å²) >= 11 is 6.12. The molecule has 20 heavy (non-hydrogen) atoms. The highest BCUT2D eigenvalue weighted by Crippen LogP contribution is 2.39. The maximum absolute atomic E-state index is 9.94. The highest BCUT2D eigenvalue weighted by molar-refractivity contribution is 6.32. The first-order valence-electron chi connectivity index (χ1n) is 6.82. The van der Waals surface area contributed by atoms with E-state index in [1.807, 2.05) is 12.1 Å². The van der Waals surface area contributed by atoms with Crippen molar-refractivity contribution in [3.63, 3.8) is 0 Å². The molecule has 0 fully saturated rings.